The van der Waals surface area contributed by atoms with Crippen LogP contribution in [-0.2, 0) is 37.5 Å². The van der Waals surface area contributed by atoms with Gasteiger partial charge in [0, 0.05) is 12.8 Å². The van der Waals surface area contributed by atoms with Crippen LogP contribution in [0.15, 0.2) is 48.6 Å². The number of rotatable bonds is 40. The highest BCUT2D eigenvalue weighted by atomic mass is 31.2. The molecular weight excluding hydrogens is 733 g/mol. The van der Waals surface area contributed by atoms with Crippen LogP contribution in [0.5, 0.6) is 0 Å². The lowest BCUT2D eigenvalue weighted by Gasteiger charge is -2.20. The molecule has 324 valence electrons. The van der Waals surface area contributed by atoms with E-state index in [2.05, 4.69) is 30.5 Å². The van der Waals surface area contributed by atoms with Gasteiger partial charge in [-0.2, -0.15) is 0 Å². The minimum Gasteiger partial charge on any atom is -0.480 e. The van der Waals surface area contributed by atoms with Gasteiger partial charge >= 0.3 is 25.7 Å². The fourth-order valence-electron chi connectivity index (χ4n) is 5.78. The van der Waals surface area contributed by atoms with E-state index in [0.717, 1.165) is 44.9 Å². The molecule has 0 rings (SSSR count). The Morgan fingerprint density at radius 3 is 1.50 bits per heavy atom. The molecule has 11 nitrogen and oxygen atoms in total. The van der Waals surface area contributed by atoms with Gasteiger partial charge in [-0.05, 0) is 32.1 Å². The molecule has 0 aliphatic heterocycles. The van der Waals surface area contributed by atoms with Gasteiger partial charge in [0.25, 0.3) is 0 Å². The number of carbonyl (C=O) groups is 3. The Morgan fingerprint density at radius 1 is 0.571 bits per heavy atom. The number of esters is 2. The van der Waals surface area contributed by atoms with E-state index in [9.17, 15) is 23.8 Å². The summed E-state index contributed by atoms with van der Waals surface area (Å²) in [6, 6.07) is -1.53. The van der Waals surface area contributed by atoms with Crippen LogP contribution in [0, 0.1) is 0 Å². The molecule has 0 aromatic carbocycles. The second-order valence-electron chi connectivity index (χ2n) is 14.5. The van der Waals surface area contributed by atoms with Crippen LogP contribution in [0.2, 0.25) is 0 Å². The first-order valence-electron chi connectivity index (χ1n) is 21.7. The van der Waals surface area contributed by atoms with E-state index in [-0.39, 0.29) is 19.4 Å². The van der Waals surface area contributed by atoms with E-state index in [0.29, 0.717) is 12.8 Å². The molecule has 0 aromatic heterocycles. The highest BCUT2D eigenvalue weighted by molar-refractivity contribution is 7.47. The number of nitrogens with two attached hydrogens (primary N) is 1. The molecule has 0 aliphatic carbocycles. The monoisotopic (exact) mass is 812 g/mol. The highest BCUT2D eigenvalue weighted by Crippen LogP contribution is 2.43. The standard InChI is InChI=1S/C44H78NO10P/c1-3-5-7-9-11-13-15-17-18-19-20-21-22-24-25-27-29-31-33-35-42(46)52-37-40(38-53-56(50,51)54-39-41(45)44(48)49)55-43(47)36-34-32-30-28-26-23-16-14-12-10-8-6-4-2/h6,8,10,12,14,16,23,26,40-41H,3-5,7,9,11,13,15,17-22,24-25,27-39,45H2,1-2H3,(H,48,49)(H,50,51)/b8-6+,12-10+,16-14+,26-23+/t40?,41-/m1/s1. The van der Waals surface area contributed by atoms with Crippen LogP contribution in [-0.4, -0.2) is 59.9 Å². The minimum absolute atomic E-state index is 0.115. The maximum absolute atomic E-state index is 12.6. The number of phosphoric acid groups is 1. The molecule has 0 saturated heterocycles. The highest BCUT2D eigenvalue weighted by Gasteiger charge is 2.28. The van der Waals surface area contributed by atoms with Gasteiger partial charge in [-0.1, -0.05) is 184 Å². The SMILES string of the molecule is CC/C=C/C=C/C=C/C=C/CCCCCC(=O)OC(COC(=O)CCCCCCCCCCCCCCCCCCCCC)COP(=O)(O)OC[C@@H](N)C(=O)O. The number of allylic oxidation sites excluding steroid dienone is 8. The molecule has 0 aliphatic rings. The number of hydrogen-bond acceptors (Lipinski definition) is 9. The molecule has 0 fully saturated rings. The third-order valence-electron chi connectivity index (χ3n) is 9.19. The molecular formula is C44H78NO10P. The molecule has 3 atom stereocenters. The van der Waals surface area contributed by atoms with Gasteiger partial charge in [0.05, 0.1) is 13.2 Å². The molecule has 0 heterocycles. The summed E-state index contributed by atoms with van der Waals surface area (Å²) in [5.41, 5.74) is 5.32. The summed E-state index contributed by atoms with van der Waals surface area (Å²) in [7, 11) is -4.72. The summed E-state index contributed by atoms with van der Waals surface area (Å²) in [5, 5.41) is 8.88. The first-order valence-corrected chi connectivity index (χ1v) is 23.2. The summed E-state index contributed by atoms with van der Waals surface area (Å²) in [5.74, 6) is -2.43. The molecule has 0 radical (unpaired) electrons. The molecule has 2 unspecified atom stereocenters. The van der Waals surface area contributed by atoms with Crippen molar-refractivity contribution in [2.24, 2.45) is 5.73 Å². The Morgan fingerprint density at radius 2 is 1.00 bits per heavy atom. The first-order chi connectivity index (χ1) is 27.1. The van der Waals surface area contributed by atoms with Crippen LogP contribution in [0.4, 0.5) is 0 Å². The van der Waals surface area contributed by atoms with Crippen molar-refractivity contribution >= 4 is 25.7 Å². The maximum Gasteiger partial charge on any atom is 0.472 e. The Hall–Kier alpha value is -2.56. The number of carboxylic acids is 1. The van der Waals surface area contributed by atoms with Gasteiger partial charge in [-0.3, -0.25) is 23.4 Å². The van der Waals surface area contributed by atoms with Crippen molar-refractivity contribution in [3.8, 4) is 0 Å². The molecule has 0 saturated carbocycles. The smallest absolute Gasteiger partial charge is 0.472 e. The number of ether oxygens (including phenoxy) is 2. The Balaban J connectivity index is 4.34. The largest absolute Gasteiger partial charge is 0.480 e. The third-order valence-corrected chi connectivity index (χ3v) is 10.1. The van der Waals surface area contributed by atoms with Crippen molar-refractivity contribution in [2.45, 2.75) is 193 Å². The maximum atomic E-state index is 12.6. The second kappa shape index (κ2) is 39.3. The molecule has 0 bridgehead atoms. The third kappa shape index (κ3) is 38.3. The Kier molecular flexibility index (Phi) is 37.5. The molecule has 0 spiro atoms. The normalized spacial score (nSPS) is 14.2. The quantitative estimate of drug-likeness (QED) is 0.0233. The van der Waals surface area contributed by atoms with Crippen LogP contribution in [0.25, 0.3) is 0 Å². The summed E-state index contributed by atoms with van der Waals surface area (Å²) in [4.78, 5) is 45.9. The van der Waals surface area contributed by atoms with Gasteiger partial charge < -0.3 is 25.2 Å². The molecule has 56 heavy (non-hydrogen) atoms. The number of aliphatic carboxylic acids is 1. The van der Waals surface area contributed by atoms with Crippen molar-refractivity contribution in [1.82, 2.24) is 0 Å². The lowest BCUT2D eigenvalue weighted by molar-refractivity contribution is -0.161. The van der Waals surface area contributed by atoms with Gasteiger partial charge in [-0.15, -0.1) is 0 Å². The zero-order valence-corrected chi connectivity index (χ0v) is 35.9. The summed E-state index contributed by atoms with van der Waals surface area (Å²) in [6.07, 6.45) is 43.3. The lowest BCUT2D eigenvalue weighted by Crippen LogP contribution is -2.34. The summed E-state index contributed by atoms with van der Waals surface area (Å²) < 4.78 is 32.6. The zero-order chi connectivity index (χ0) is 41.4. The number of carbonyl (C=O) groups excluding carboxylic acids is 2. The van der Waals surface area contributed by atoms with Crippen molar-refractivity contribution in [3.63, 3.8) is 0 Å². The molecule has 12 heteroatoms. The minimum atomic E-state index is -4.72. The van der Waals surface area contributed by atoms with Crippen LogP contribution < -0.4 is 5.73 Å². The molecule has 0 amide bonds. The predicted octanol–water partition coefficient (Wildman–Crippen LogP) is 11.4. The predicted molar refractivity (Wildman–Crippen MR) is 226 cm³/mol. The molecule has 4 N–H and O–H groups in total. The van der Waals surface area contributed by atoms with Gasteiger partial charge in [0.15, 0.2) is 6.10 Å². The van der Waals surface area contributed by atoms with Crippen LogP contribution in [0.3, 0.4) is 0 Å². The number of hydrogen-bond donors (Lipinski definition) is 3. The van der Waals surface area contributed by atoms with Gasteiger partial charge in [0.1, 0.15) is 12.6 Å². The fourth-order valence-corrected chi connectivity index (χ4v) is 6.56. The average Bonchev–Trinajstić information content (AvgIpc) is 3.17. The van der Waals surface area contributed by atoms with Crippen LogP contribution >= 0.6 is 7.82 Å². The van der Waals surface area contributed by atoms with E-state index in [1.54, 1.807) is 0 Å². The summed E-state index contributed by atoms with van der Waals surface area (Å²) in [6.45, 7) is 2.63. The lowest BCUT2D eigenvalue weighted by atomic mass is 10.0. The fraction of sp³-hybridized carbons (Fsp3) is 0.750. The van der Waals surface area contributed by atoms with Crippen molar-refractivity contribution in [2.75, 3.05) is 19.8 Å². The van der Waals surface area contributed by atoms with Crippen LogP contribution in [0.1, 0.15) is 181 Å². The average molecular weight is 812 g/mol. The second-order valence-corrected chi connectivity index (χ2v) is 16.0. The van der Waals surface area contributed by atoms with Gasteiger partial charge in [-0.25, -0.2) is 4.57 Å². The Labute approximate surface area is 339 Å². The number of phosphoric ester groups is 1. The number of carboxylic acid groups (broad SMARTS) is 1. The Bertz CT molecular complexity index is 1140. The van der Waals surface area contributed by atoms with Crippen molar-refractivity contribution < 1.29 is 47.5 Å². The van der Waals surface area contributed by atoms with Gasteiger partial charge in [0.2, 0.25) is 0 Å². The van der Waals surface area contributed by atoms with E-state index < -0.39 is 51.1 Å². The van der Waals surface area contributed by atoms with Crippen molar-refractivity contribution in [1.29, 1.82) is 0 Å². The first kappa shape index (κ1) is 53.4. The van der Waals surface area contributed by atoms with E-state index in [1.807, 2.05) is 36.5 Å². The zero-order valence-electron chi connectivity index (χ0n) is 35.0. The topological polar surface area (TPSA) is 172 Å². The van der Waals surface area contributed by atoms with Crippen molar-refractivity contribution in [3.05, 3.63) is 48.6 Å². The summed E-state index contributed by atoms with van der Waals surface area (Å²) >= 11 is 0. The van der Waals surface area contributed by atoms with E-state index in [4.69, 9.17) is 24.8 Å². The number of unbranched alkanes of at least 4 members (excludes halogenated alkanes) is 21. The van der Waals surface area contributed by atoms with E-state index >= 15 is 0 Å². The molecule has 0 aromatic rings. The van der Waals surface area contributed by atoms with E-state index in [1.165, 1.54) is 96.3 Å².